The third-order valence-electron chi connectivity index (χ3n) is 6.50. The van der Waals surface area contributed by atoms with E-state index in [4.69, 9.17) is 4.42 Å². The topological polar surface area (TPSA) is 93.5 Å². The van der Waals surface area contributed by atoms with Crippen LogP contribution in [-0.4, -0.2) is 14.2 Å². The molecule has 1 N–H and O–H groups in total. The Morgan fingerprint density at radius 1 is 0.919 bits per heavy atom. The number of fused-ring (bicyclic) bond motifs is 1. The molecule has 1 heterocycles. The standard InChI is InChI=1S/C30H31NO5S/c1-20-14-16-22(17-15-20)37(34,35)31-29(21-10-6-5-7-11-21)25(18-27(32)30(2,3)4)24-19-28(33)36-26-13-9-8-12-23(24)26/h5-17,19,25,29,31H,18H2,1-4H3/t25-,29+/m0/s1. The number of para-hydroxylation sites is 1. The molecule has 192 valence electrons. The zero-order valence-electron chi connectivity index (χ0n) is 21.4. The fourth-order valence-corrected chi connectivity index (χ4v) is 5.62. The van der Waals surface area contributed by atoms with Gasteiger partial charge in [0.05, 0.1) is 10.9 Å². The second kappa shape index (κ2) is 10.4. The molecule has 2 atom stereocenters. The number of ketones is 1. The fourth-order valence-electron chi connectivity index (χ4n) is 4.35. The summed E-state index contributed by atoms with van der Waals surface area (Å²) in [7, 11) is -3.97. The first-order chi connectivity index (χ1) is 17.5. The van der Waals surface area contributed by atoms with Crippen LogP contribution in [0.5, 0.6) is 0 Å². The Morgan fingerprint density at radius 2 is 1.54 bits per heavy atom. The highest BCUT2D eigenvalue weighted by atomic mass is 32.2. The first kappa shape index (κ1) is 26.5. The molecule has 0 aliphatic rings. The van der Waals surface area contributed by atoms with Gasteiger partial charge in [-0.25, -0.2) is 17.9 Å². The first-order valence-corrected chi connectivity index (χ1v) is 13.6. The number of Topliss-reactive ketones (excluding diaryl/α,β-unsaturated/α-hetero) is 1. The molecular weight excluding hydrogens is 486 g/mol. The van der Waals surface area contributed by atoms with Gasteiger partial charge in [0.2, 0.25) is 10.0 Å². The SMILES string of the molecule is Cc1ccc(S(=O)(=O)N[C@H](c2ccccc2)[C@@H](CC(=O)C(C)(C)C)c2cc(=O)oc3ccccc23)cc1. The summed E-state index contributed by atoms with van der Waals surface area (Å²) in [6, 6.07) is 23.4. The van der Waals surface area contributed by atoms with Crippen LogP contribution in [0.1, 0.15) is 55.8 Å². The van der Waals surface area contributed by atoms with E-state index >= 15 is 0 Å². The number of hydrogen-bond donors (Lipinski definition) is 1. The van der Waals surface area contributed by atoms with E-state index in [0.717, 1.165) is 5.56 Å². The van der Waals surface area contributed by atoms with Gasteiger partial charge < -0.3 is 4.42 Å². The Morgan fingerprint density at radius 3 is 2.19 bits per heavy atom. The van der Waals surface area contributed by atoms with E-state index in [0.29, 0.717) is 22.1 Å². The number of aryl methyl sites for hydroxylation is 1. The van der Waals surface area contributed by atoms with Crippen molar-refractivity contribution in [3.63, 3.8) is 0 Å². The highest BCUT2D eigenvalue weighted by Crippen LogP contribution is 2.39. The lowest BCUT2D eigenvalue weighted by atomic mass is 9.78. The van der Waals surface area contributed by atoms with Gasteiger partial charge in [-0.05, 0) is 36.2 Å². The minimum Gasteiger partial charge on any atom is -0.423 e. The summed E-state index contributed by atoms with van der Waals surface area (Å²) in [5, 5.41) is 0.657. The van der Waals surface area contributed by atoms with Crippen molar-refractivity contribution in [3.8, 4) is 0 Å². The van der Waals surface area contributed by atoms with Crippen LogP contribution in [0.3, 0.4) is 0 Å². The van der Waals surface area contributed by atoms with Gasteiger partial charge in [0.15, 0.2) is 0 Å². The van der Waals surface area contributed by atoms with E-state index in [1.54, 1.807) is 36.4 Å². The molecule has 0 bridgehead atoms. The van der Waals surface area contributed by atoms with Gasteiger partial charge in [0, 0.05) is 29.2 Å². The highest BCUT2D eigenvalue weighted by Gasteiger charge is 2.35. The molecule has 0 radical (unpaired) electrons. The Labute approximate surface area is 217 Å². The predicted octanol–water partition coefficient (Wildman–Crippen LogP) is 5.91. The second-order valence-electron chi connectivity index (χ2n) is 10.3. The zero-order chi connectivity index (χ0) is 26.8. The largest absolute Gasteiger partial charge is 0.423 e. The molecule has 1 aromatic heterocycles. The van der Waals surface area contributed by atoms with Crippen molar-refractivity contribution in [1.82, 2.24) is 4.72 Å². The van der Waals surface area contributed by atoms with Crippen LogP contribution in [0, 0.1) is 12.3 Å². The molecular formula is C30H31NO5S. The monoisotopic (exact) mass is 517 g/mol. The van der Waals surface area contributed by atoms with Crippen LogP contribution in [-0.2, 0) is 14.8 Å². The zero-order valence-corrected chi connectivity index (χ0v) is 22.2. The van der Waals surface area contributed by atoms with E-state index in [1.165, 1.54) is 6.07 Å². The molecule has 37 heavy (non-hydrogen) atoms. The molecule has 3 aromatic carbocycles. The number of rotatable bonds is 8. The van der Waals surface area contributed by atoms with Crippen LogP contribution in [0.15, 0.2) is 99.0 Å². The number of hydrogen-bond acceptors (Lipinski definition) is 5. The first-order valence-electron chi connectivity index (χ1n) is 12.2. The predicted molar refractivity (Wildman–Crippen MR) is 145 cm³/mol. The third kappa shape index (κ3) is 6.06. The molecule has 4 rings (SSSR count). The van der Waals surface area contributed by atoms with Crippen LogP contribution < -0.4 is 10.3 Å². The van der Waals surface area contributed by atoms with Crippen molar-refractivity contribution < 1.29 is 17.6 Å². The Kier molecular flexibility index (Phi) is 7.48. The Balaban J connectivity index is 1.93. The third-order valence-corrected chi connectivity index (χ3v) is 7.95. The van der Waals surface area contributed by atoms with E-state index < -0.39 is 33.0 Å². The summed E-state index contributed by atoms with van der Waals surface area (Å²) in [6.45, 7) is 7.38. The summed E-state index contributed by atoms with van der Waals surface area (Å²) in [5.74, 6) is -0.728. The Bertz CT molecular complexity index is 1570. The van der Waals surface area contributed by atoms with Gasteiger partial charge >= 0.3 is 5.63 Å². The van der Waals surface area contributed by atoms with Gasteiger partial charge in [-0.15, -0.1) is 0 Å². The molecule has 6 nitrogen and oxygen atoms in total. The molecule has 0 amide bonds. The number of nitrogens with one attached hydrogen (secondary N) is 1. The van der Waals surface area contributed by atoms with Crippen molar-refractivity contribution >= 4 is 26.8 Å². The molecule has 0 aliphatic heterocycles. The highest BCUT2D eigenvalue weighted by molar-refractivity contribution is 7.89. The fraction of sp³-hybridized carbons (Fsp3) is 0.267. The summed E-state index contributed by atoms with van der Waals surface area (Å²) < 4.78 is 35.5. The van der Waals surface area contributed by atoms with Crippen molar-refractivity contribution in [3.05, 3.63) is 112 Å². The van der Waals surface area contributed by atoms with Crippen LogP contribution in [0.25, 0.3) is 11.0 Å². The van der Waals surface area contributed by atoms with Crippen molar-refractivity contribution in [1.29, 1.82) is 0 Å². The molecule has 0 saturated heterocycles. The van der Waals surface area contributed by atoms with E-state index in [9.17, 15) is 18.0 Å². The maximum atomic E-state index is 13.6. The molecule has 4 aromatic rings. The van der Waals surface area contributed by atoms with E-state index in [1.807, 2.05) is 70.2 Å². The normalized spacial score (nSPS) is 13.8. The maximum absolute atomic E-state index is 13.6. The molecule has 0 spiro atoms. The summed E-state index contributed by atoms with van der Waals surface area (Å²) in [5.41, 5.74) is 1.34. The lowest BCUT2D eigenvalue weighted by Gasteiger charge is -2.31. The molecule has 0 unspecified atom stereocenters. The van der Waals surface area contributed by atoms with Gasteiger partial charge in [0.1, 0.15) is 11.4 Å². The van der Waals surface area contributed by atoms with Crippen LogP contribution >= 0.6 is 0 Å². The molecule has 0 fully saturated rings. The van der Waals surface area contributed by atoms with E-state index in [-0.39, 0.29) is 17.1 Å². The van der Waals surface area contributed by atoms with Gasteiger partial charge in [-0.3, -0.25) is 4.79 Å². The van der Waals surface area contributed by atoms with Crippen molar-refractivity contribution in [2.24, 2.45) is 5.41 Å². The maximum Gasteiger partial charge on any atom is 0.336 e. The minimum absolute atomic E-state index is 0.0208. The summed E-state index contributed by atoms with van der Waals surface area (Å²) >= 11 is 0. The van der Waals surface area contributed by atoms with Gasteiger partial charge in [-0.2, -0.15) is 0 Å². The van der Waals surface area contributed by atoms with Crippen molar-refractivity contribution in [2.75, 3.05) is 0 Å². The number of carbonyl (C=O) groups is 1. The molecule has 0 saturated carbocycles. The summed E-state index contributed by atoms with van der Waals surface area (Å²) in [6.07, 6.45) is 0.0208. The quantitative estimate of drug-likeness (QED) is 0.293. The van der Waals surface area contributed by atoms with Crippen molar-refractivity contribution in [2.45, 2.75) is 51.0 Å². The molecule has 0 aliphatic carbocycles. The van der Waals surface area contributed by atoms with Gasteiger partial charge in [0.25, 0.3) is 0 Å². The number of sulfonamides is 1. The van der Waals surface area contributed by atoms with Crippen LogP contribution in [0.2, 0.25) is 0 Å². The lowest BCUT2D eigenvalue weighted by molar-refractivity contribution is -0.126. The summed E-state index contributed by atoms with van der Waals surface area (Å²) in [4.78, 5) is 26.1. The van der Waals surface area contributed by atoms with E-state index in [2.05, 4.69) is 4.72 Å². The molecule has 7 heteroatoms. The Hall–Kier alpha value is -3.55. The average molecular weight is 518 g/mol. The van der Waals surface area contributed by atoms with Gasteiger partial charge in [-0.1, -0.05) is 87.0 Å². The number of benzene rings is 3. The smallest absolute Gasteiger partial charge is 0.336 e. The minimum atomic E-state index is -3.97. The average Bonchev–Trinajstić information content (AvgIpc) is 2.85. The second-order valence-corrected chi connectivity index (χ2v) is 12.0. The van der Waals surface area contributed by atoms with Crippen LogP contribution in [0.4, 0.5) is 0 Å². The number of carbonyl (C=O) groups excluding carboxylic acids is 1. The lowest BCUT2D eigenvalue weighted by Crippen LogP contribution is -2.35.